The smallest absolute Gasteiger partial charge is 0.319 e. The molecule has 1 saturated heterocycles. The number of benzene rings is 1. The van der Waals surface area contributed by atoms with E-state index in [4.69, 9.17) is 0 Å². The van der Waals surface area contributed by atoms with Crippen molar-refractivity contribution in [1.82, 2.24) is 5.32 Å². The van der Waals surface area contributed by atoms with Gasteiger partial charge in [0.1, 0.15) is 6.04 Å². The molecular formula is C11H12N2O2S. The first-order chi connectivity index (χ1) is 7.75. The maximum Gasteiger partial charge on any atom is 0.319 e. The summed E-state index contributed by atoms with van der Waals surface area (Å²) in [5.41, 5.74) is 0.720. The van der Waals surface area contributed by atoms with Crippen LogP contribution in [0, 0.1) is 0 Å². The average Bonchev–Trinajstić information content (AvgIpc) is 2.66. The Hall–Kier alpha value is -1.49. The Balaban J connectivity index is 1.87. The van der Waals surface area contributed by atoms with Crippen molar-refractivity contribution < 1.29 is 9.59 Å². The standard InChI is InChI=1S/C11H12N2O2S/c14-10-9(6-7-16-10)13-11(15)12-8-4-2-1-3-5-8/h1-5,9H,6-7H2,(H2,12,13,15)/t9-/m1/s1. The van der Waals surface area contributed by atoms with E-state index in [0.29, 0.717) is 6.42 Å². The highest BCUT2D eigenvalue weighted by Gasteiger charge is 2.26. The van der Waals surface area contributed by atoms with E-state index in [-0.39, 0.29) is 17.2 Å². The zero-order valence-corrected chi connectivity index (χ0v) is 9.42. The Bertz CT molecular complexity index is 394. The van der Waals surface area contributed by atoms with Crippen LogP contribution in [0.1, 0.15) is 6.42 Å². The molecule has 0 spiro atoms. The second-order valence-electron chi connectivity index (χ2n) is 3.47. The highest BCUT2D eigenvalue weighted by Crippen LogP contribution is 2.19. The van der Waals surface area contributed by atoms with Gasteiger partial charge in [0.15, 0.2) is 0 Å². The number of para-hydroxylation sites is 1. The van der Waals surface area contributed by atoms with Crippen LogP contribution >= 0.6 is 11.8 Å². The van der Waals surface area contributed by atoms with Crippen LogP contribution in [0.2, 0.25) is 0 Å². The topological polar surface area (TPSA) is 58.2 Å². The molecule has 2 rings (SSSR count). The van der Waals surface area contributed by atoms with Crippen LogP contribution in [0.4, 0.5) is 10.5 Å². The number of urea groups is 1. The summed E-state index contributed by atoms with van der Waals surface area (Å²) in [5, 5.41) is 5.38. The molecule has 0 aliphatic carbocycles. The number of amides is 2. The third kappa shape index (κ3) is 2.76. The number of carbonyl (C=O) groups is 2. The van der Waals surface area contributed by atoms with Gasteiger partial charge in [0.05, 0.1) is 0 Å². The lowest BCUT2D eigenvalue weighted by atomic mass is 10.2. The SMILES string of the molecule is O=C(Nc1ccccc1)N[C@@H]1CCSC1=O. The lowest BCUT2D eigenvalue weighted by Crippen LogP contribution is -2.39. The molecule has 2 amide bonds. The zero-order chi connectivity index (χ0) is 11.4. The molecule has 84 valence electrons. The summed E-state index contributed by atoms with van der Waals surface area (Å²) < 4.78 is 0. The number of anilines is 1. The molecule has 1 aromatic carbocycles. The number of carbonyl (C=O) groups excluding carboxylic acids is 2. The largest absolute Gasteiger partial charge is 0.327 e. The number of thioether (sulfide) groups is 1. The molecule has 1 aromatic rings. The van der Waals surface area contributed by atoms with Gasteiger partial charge in [-0.3, -0.25) is 4.79 Å². The van der Waals surface area contributed by atoms with Gasteiger partial charge >= 0.3 is 6.03 Å². The minimum Gasteiger partial charge on any atom is -0.327 e. The number of hydrogen-bond donors (Lipinski definition) is 2. The van der Waals surface area contributed by atoms with Gasteiger partial charge in [0.2, 0.25) is 5.12 Å². The predicted octanol–water partition coefficient (Wildman–Crippen LogP) is 1.84. The summed E-state index contributed by atoms with van der Waals surface area (Å²) in [6.07, 6.45) is 0.714. The van der Waals surface area contributed by atoms with Crippen LogP contribution < -0.4 is 10.6 Å². The Morgan fingerprint density at radius 2 is 2.06 bits per heavy atom. The van der Waals surface area contributed by atoms with Crippen molar-refractivity contribution in [3.05, 3.63) is 30.3 Å². The van der Waals surface area contributed by atoms with E-state index in [9.17, 15) is 9.59 Å². The van der Waals surface area contributed by atoms with Gasteiger partial charge < -0.3 is 10.6 Å². The predicted molar refractivity (Wildman–Crippen MR) is 64.5 cm³/mol. The van der Waals surface area contributed by atoms with Gasteiger partial charge in [-0.05, 0) is 18.6 Å². The molecule has 1 heterocycles. The molecule has 16 heavy (non-hydrogen) atoms. The fourth-order valence-electron chi connectivity index (χ4n) is 1.47. The van der Waals surface area contributed by atoms with E-state index in [1.54, 1.807) is 12.1 Å². The van der Waals surface area contributed by atoms with E-state index in [1.807, 2.05) is 18.2 Å². The van der Waals surface area contributed by atoms with Gasteiger partial charge in [-0.1, -0.05) is 30.0 Å². The third-order valence-electron chi connectivity index (χ3n) is 2.27. The van der Waals surface area contributed by atoms with E-state index < -0.39 is 0 Å². The van der Waals surface area contributed by atoms with Crippen LogP contribution in [0.3, 0.4) is 0 Å². The number of nitrogens with one attached hydrogen (secondary N) is 2. The fourth-order valence-corrected chi connectivity index (χ4v) is 2.41. The highest BCUT2D eigenvalue weighted by atomic mass is 32.2. The van der Waals surface area contributed by atoms with Crippen molar-refractivity contribution in [2.24, 2.45) is 0 Å². The van der Waals surface area contributed by atoms with E-state index in [0.717, 1.165) is 11.4 Å². The lowest BCUT2D eigenvalue weighted by molar-refractivity contribution is -0.112. The molecule has 2 N–H and O–H groups in total. The van der Waals surface area contributed by atoms with Crippen molar-refractivity contribution in [2.75, 3.05) is 11.1 Å². The Labute approximate surface area is 97.8 Å². The molecule has 1 aliphatic rings. The van der Waals surface area contributed by atoms with Crippen LogP contribution in [0.15, 0.2) is 30.3 Å². The molecule has 4 nitrogen and oxygen atoms in total. The van der Waals surface area contributed by atoms with Crippen LogP contribution in [0.25, 0.3) is 0 Å². The van der Waals surface area contributed by atoms with Gasteiger partial charge in [-0.25, -0.2) is 4.79 Å². The van der Waals surface area contributed by atoms with Crippen LogP contribution in [0.5, 0.6) is 0 Å². The summed E-state index contributed by atoms with van der Waals surface area (Å²) >= 11 is 1.27. The monoisotopic (exact) mass is 236 g/mol. The van der Waals surface area contributed by atoms with E-state index in [2.05, 4.69) is 10.6 Å². The molecule has 1 atom stereocenters. The third-order valence-corrected chi connectivity index (χ3v) is 3.28. The molecule has 1 fully saturated rings. The Morgan fingerprint density at radius 3 is 2.69 bits per heavy atom. The number of hydrogen-bond acceptors (Lipinski definition) is 3. The maximum atomic E-state index is 11.5. The van der Waals surface area contributed by atoms with E-state index in [1.165, 1.54) is 11.8 Å². The molecule has 0 unspecified atom stereocenters. The van der Waals surface area contributed by atoms with Gasteiger partial charge in [0.25, 0.3) is 0 Å². The summed E-state index contributed by atoms with van der Waals surface area (Å²) in [4.78, 5) is 22.8. The molecule has 0 aromatic heterocycles. The molecule has 1 aliphatic heterocycles. The first-order valence-electron chi connectivity index (χ1n) is 5.05. The van der Waals surface area contributed by atoms with Gasteiger partial charge in [-0.2, -0.15) is 0 Å². The summed E-state index contributed by atoms with van der Waals surface area (Å²) in [7, 11) is 0. The summed E-state index contributed by atoms with van der Waals surface area (Å²) in [5.74, 6) is 0.787. The van der Waals surface area contributed by atoms with Gasteiger partial charge in [-0.15, -0.1) is 0 Å². The van der Waals surface area contributed by atoms with E-state index >= 15 is 0 Å². The minimum absolute atomic E-state index is 0.0446. The van der Waals surface area contributed by atoms with Crippen molar-refractivity contribution >= 4 is 28.6 Å². The van der Waals surface area contributed by atoms with Crippen LogP contribution in [-0.4, -0.2) is 22.9 Å². The van der Waals surface area contributed by atoms with Gasteiger partial charge in [0, 0.05) is 11.4 Å². The first-order valence-corrected chi connectivity index (χ1v) is 6.03. The second-order valence-corrected chi connectivity index (χ2v) is 4.57. The van der Waals surface area contributed by atoms with Crippen molar-refractivity contribution in [3.8, 4) is 0 Å². The second kappa shape index (κ2) is 5.03. The Morgan fingerprint density at radius 1 is 1.31 bits per heavy atom. The molecule has 0 radical (unpaired) electrons. The summed E-state index contributed by atoms with van der Waals surface area (Å²) in [6, 6.07) is 8.48. The first kappa shape index (κ1) is 11.0. The Kier molecular flexibility index (Phi) is 3.46. The molecular weight excluding hydrogens is 224 g/mol. The fraction of sp³-hybridized carbons (Fsp3) is 0.273. The normalized spacial score (nSPS) is 19.5. The van der Waals surface area contributed by atoms with Crippen LogP contribution in [-0.2, 0) is 4.79 Å². The molecule has 5 heteroatoms. The quantitative estimate of drug-likeness (QED) is 0.823. The summed E-state index contributed by atoms with van der Waals surface area (Å²) in [6.45, 7) is 0. The highest BCUT2D eigenvalue weighted by molar-refractivity contribution is 8.14. The van der Waals surface area contributed by atoms with Crippen molar-refractivity contribution in [3.63, 3.8) is 0 Å². The van der Waals surface area contributed by atoms with Crippen molar-refractivity contribution in [2.45, 2.75) is 12.5 Å². The average molecular weight is 236 g/mol. The maximum absolute atomic E-state index is 11.5. The lowest BCUT2D eigenvalue weighted by Gasteiger charge is -2.11. The zero-order valence-electron chi connectivity index (χ0n) is 8.60. The number of rotatable bonds is 2. The minimum atomic E-state index is -0.339. The molecule has 0 saturated carbocycles. The van der Waals surface area contributed by atoms with Crippen molar-refractivity contribution in [1.29, 1.82) is 0 Å². The molecule has 0 bridgehead atoms.